The van der Waals surface area contributed by atoms with Gasteiger partial charge in [-0.1, -0.05) is 12.8 Å². The van der Waals surface area contributed by atoms with Crippen molar-refractivity contribution in [2.45, 2.75) is 51.4 Å². The summed E-state index contributed by atoms with van der Waals surface area (Å²) in [5.74, 6) is 0.709. The van der Waals surface area contributed by atoms with Crippen LogP contribution >= 0.6 is 0 Å². The van der Waals surface area contributed by atoms with Gasteiger partial charge in [0.25, 0.3) is 0 Å². The van der Waals surface area contributed by atoms with E-state index in [4.69, 9.17) is 10.5 Å². The molecule has 18 heavy (non-hydrogen) atoms. The lowest BCUT2D eigenvalue weighted by Crippen LogP contribution is -2.19. The molecule has 0 aliphatic carbocycles. The highest BCUT2D eigenvalue weighted by atomic mass is 16.5. The Bertz CT molecular complexity index is 216. The summed E-state index contributed by atoms with van der Waals surface area (Å²) in [5, 5.41) is 3.42. The standard InChI is InChI=1S/C14H28N2O2/c15-14(17)6-2-4-10-16-9-3-1-5-13-7-11-18-12-8-13/h13,16H,1-12H2,(H2,15,17). The highest BCUT2D eigenvalue weighted by Gasteiger charge is 2.12. The topological polar surface area (TPSA) is 64.4 Å². The lowest BCUT2D eigenvalue weighted by Gasteiger charge is -2.21. The lowest BCUT2D eigenvalue weighted by molar-refractivity contribution is -0.118. The SMILES string of the molecule is NC(=O)CCCCNCCCCC1CCOCC1. The van der Waals surface area contributed by atoms with Crippen molar-refractivity contribution < 1.29 is 9.53 Å². The average Bonchev–Trinajstić information content (AvgIpc) is 2.37. The minimum absolute atomic E-state index is 0.188. The summed E-state index contributed by atoms with van der Waals surface area (Å²) >= 11 is 0. The molecule has 0 aromatic carbocycles. The summed E-state index contributed by atoms with van der Waals surface area (Å²) < 4.78 is 5.35. The van der Waals surface area contributed by atoms with E-state index in [0.29, 0.717) is 6.42 Å². The van der Waals surface area contributed by atoms with Crippen molar-refractivity contribution >= 4 is 5.91 Å². The Balaban J connectivity index is 1.76. The lowest BCUT2D eigenvalue weighted by atomic mass is 9.94. The van der Waals surface area contributed by atoms with E-state index in [2.05, 4.69) is 5.32 Å². The van der Waals surface area contributed by atoms with Gasteiger partial charge in [-0.15, -0.1) is 0 Å². The maximum atomic E-state index is 10.5. The number of rotatable bonds is 10. The molecule has 1 amide bonds. The summed E-state index contributed by atoms with van der Waals surface area (Å²) in [5.41, 5.74) is 5.08. The fourth-order valence-corrected chi connectivity index (χ4v) is 2.39. The van der Waals surface area contributed by atoms with Gasteiger partial charge in [0.1, 0.15) is 0 Å². The monoisotopic (exact) mass is 256 g/mol. The van der Waals surface area contributed by atoms with Gasteiger partial charge in [-0.2, -0.15) is 0 Å². The molecule has 1 aliphatic rings. The van der Waals surface area contributed by atoms with E-state index in [-0.39, 0.29) is 5.91 Å². The highest BCUT2D eigenvalue weighted by Crippen LogP contribution is 2.20. The second-order valence-corrected chi connectivity index (χ2v) is 5.22. The molecule has 3 N–H and O–H groups in total. The predicted octanol–water partition coefficient (Wildman–Crippen LogP) is 1.83. The van der Waals surface area contributed by atoms with Crippen molar-refractivity contribution in [3.05, 3.63) is 0 Å². The quantitative estimate of drug-likeness (QED) is 0.586. The minimum Gasteiger partial charge on any atom is -0.381 e. The summed E-state index contributed by atoms with van der Waals surface area (Å²) in [4.78, 5) is 10.5. The van der Waals surface area contributed by atoms with Gasteiger partial charge in [-0.3, -0.25) is 4.79 Å². The van der Waals surface area contributed by atoms with Crippen molar-refractivity contribution in [1.29, 1.82) is 0 Å². The molecule has 1 aliphatic heterocycles. The smallest absolute Gasteiger partial charge is 0.217 e. The molecule has 1 fully saturated rings. The molecular formula is C14H28N2O2. The number of amides is 1. The Morgan fingerprint density at radius 3 is 2.44 bits per heavy atom. The van der Waals surface area contributed by atoms with Gasteiger partial charge in [0.15, 0.2) is 0 Å². The molecule has 0 bridgehead atoms. The Hall–Kier alpha value is -0.610. The van der Waals surface area contributed by atoms with Crippen LogP contribution < -0.4 is 11.1 Å². The molecule has 0 aromatic heterocycles. The molecule has 1 saturated heterocycles. The normalized spacial score (nSPS) is 16.9. The zero-order valence-electron chi connectivity index (χ0n) is 11.5. The zero-order chi connectivity index (χ0) is 13.1. The third-order valence-corrected chi connectivity index (χ3v) is 3.58. The Morgan fingerprint density at radius 1 is 1.11 bits per heavy atom. The van der Waals surface area contributed by atoms with E-state index in [0.717, 1.165) is 45.1 Å². The third kappa shape index (κ3) is 8.48. The number of nitrogens with one attached hydrogen (secondary N) is 1. The maximum absolute atomic E-state index is 10.5. The number of nitrogens with two attached hydrogens (primary N) is 1. The van der Waals surface area contributed by atoms with Gasteiger partial charge in [-0.25, -0.2) is 0 Å². The second-order valence-electron chi connectivity index (χ2n) is 5.22. The number of primary amides is 1. The van der Waals surface area contributed by atoms with E-state index < -0.39 is 0 Å². The number of hydrogen-bond acceptors (Lipinski definition) is 3. The minimum atomic E-state index is -0.188. The first-order chi connectivity index (χ1) is 8.79. The van der Waals surface area contributed by atoms with Gasteiger partial charge in [0.05, 0.1) is 0 Å². The Morgan fingerprint density at radius 2 is 1.78 bits per heavy atom. The van der Waals surface area contributed by atoms with Crippen LogP contribution in [0.25, 0.3) is 0 Å². The average molecular weight is 256 g/mol. The molecule has 0 saturated carbocycles. The van der Waals surface area contributed by atoms with Crippen LogP contribution in [0.2, 0.25) is 0 Å². The van der Waals surface area contributed by atoms with Crippen LogP contribution in [0.15, 0.2) is 0 Å². The maximum Gasteiger partial charge on any atom is 0.217 e. The van der Waals surface area contributed by atoms with E-state index in [1.54, 1.807) is 0 Å². The first-order valence-electron chi connectivity index (χ1n) is 7.36. The summed E-state index contributed by atoms with van der Waals surface area (Å²) in [6.07, 6.45) is 8.90. The van der Waals surface area contributed by atoms with Gasteiger partial charge in [0.2, 0.25) is 5.91 Å². The molecule has 1 heterocycles. The van der Waals surface area contributed by atoms with Crippen molar-refractivity contribution in [1.82, 2.24) is 5.32 Å². The summed E-state index contributed by atoms with van der Waals surface area (Å²) in [6.45, 7) is 4.02. The fourth-order valence-electron chi connectivity index (χ4n) is 2.39. The van der Waals surface area contributed by atoms with Crippen molar-refractivity contribution in [3.8, 4) is 0 Å². The highest BCUT2D eigenvalue weighted by molar-refractivity contribution is 5.73. The molecule has 0 unspecified atom stereocenters. The van der Waals surface area contributed by atoms with Crippen molar-refractivity contribution in [3.63, 3.8) is 0 Å². The zero-order valence-corrected chi connectivity index (χ0v) is 11.5. The van der Waals surface area contributed by atoms with Crippen LogP contribution in [-0.2, 0) is 9.53 Å². The molecule has 4 nitrogen and oxygen atoms in total. The number of unbranched alkanes of at least 4 members (excludes halogenated alkanes) is 2. The largest absolute Gasteiger partial charge is 0.381 e. The van der Waals surface area contributed by atoms with Gasteiger partial charge >= 0.3 is 0 Å². The fraction of sp³-hybridized carbons (Fsp3) is 0.929. The summed E-state index contributed by atoms with van der Waals surface area (Å²) in [7, 11) is 0. The van der Waals surface area contributed by atoms with E-state index in [1.807, 2.05) is 0 Å². The summed E-state index contributed by atoms with van der Waals surface area (Å²) in [6, 6.07) is 0. The predicted molar refractivity (Wildman–Crippen MR) is 73.3 cm³/mol. The molecular weight excluding hydrogens is 228 g/mol. The van der Waals surface area contributed by atoms with Crippen molar-refractivity contribution in [2.75, 3.05) is 26.3 Å². The number of carbonyl (C=O) groups is 1. The van der Waals surface area contributed by atoms with Crippen LogP contribution in [0.4, 0.5) is 0 Å². The van der Waals surface area contributed by atoms with Crippen LogP contribution in [0, 0.1) is 5.92 Å². The Kier molecular flexibility index (Phi) is 8.86. The van der Waals surface area contributed by atoms with Crippen LogP contribution in [0.3, 0.4) is 0 Å². The molecule has 0 spiro atoms. The van der Waals surface area contributed by atoms with Crippen LogP contribution in [0.1, 0.15) is 51.4 Å². The third-order valence-electron chi connectivity index (χ3n) is 3.58. The molecule has 0 radical (unpaired) electrons. The molecule has 106 valence electrons. The number of carbonyl (C=O) groups excluding carboxylic acids is 1. The molecule has 4 heteroatoms. The van der Waals surface area contributed by atoms with E-state index in [1.165, 1.54) is 32.1 Å². The van der Waals surface area contributed by atoms with Gasteiger partial charge in [-0.05, 0) is 51.1 Å². The second kappa shape index (κ2) is 10.3. The molecule has 0 atom stereocenters. The first-order valence-corrected chi connectivity index (χ1v) is 7.36. The number of ether oxygens (including phenoxy) is 1. The Labute approximate surface area is 111 Å². The van der Waals surface area contributed by atoms with Crippen LogP contribution in [0.5, 0.6) is 0 Å². The first kappa shape index (κ1) is 15.4. The van der Waals surface area contributed by atoms with E-state index in [9.17, 15) is 4.79 Å². The van der Waals surface area contributed by atoms with Gasteiger partial charge < -0.3 is 15.8 Å². The van der Waals surface area contributed by atoms with Gasteiger partial charge in [0, 0.05) is 19.6 Å². The van der Waals surface area contributed by atoms with E-state index >= 15 is 0 Å². The molecule has 1 rings (SSSR count). The molecule has 0 aromatic rings. The van der Waals surface area contributed by atoms with Crippen LogP contribution in [-0.4, -0.2) is 32.2 Å². The van der Waals surface area contributed by atoms with Crippen molar-refractivity contribution in [2.24, 2.45) is 11.7 Å². The number of hydrogen-bond donors (Lipinski definition) is 2.